The first-order chi connectivity index (χ1) is 11.7. The maximum absolute atomic E-state index is 5.57. The molecule has 2 saturated heterocycles. The molecule has 2 aliphatic heterocycles. The highest BCUT2D eigenvalue weighted by molar-refractivity contribution is 5.80. The van der Waals surface area contributed by atoms with E-state index in [-0.39, 0.29) is 0 Å². The van der Waals surface area contributed by atoms with Gasteiger partial charge in [-0.2, -0.15) is 0 Å². The lowest BCUT2D eigenvalue weighted by Gasteiger charge is -2.35. The van der Waals surface area contributed by atoms with Gasteiger partial charge in [-0.05, 0) is 43.2 Å². The Hall–Kier alpha value is -1.39. The number of fused-ring (bicyclic) bond motifs is 1. The molecule has 2 fully saturated rings. The second-order valence-electron chi connectivity index (χ2n) is 7.94. The first-order valence-corrected chi connectivity index (χ1v) is 9.46. The molecule has 0 spiro atoms. The van der Waals surface area contributed by atoms with Crippen LogP contribution in [-0.4, -0.2) is 41.2 Å². The monoisotopic (exact) mass is 327 g/mol. The molecule has 24 heavy (non-hydrogen) atoms. The predicted molar refractivity (Wildman–Crippen MR) is 97.1 cm³/mol. The van der Waals surface area contributed by atoms with Crippen LogP contribution in [0.15, 0.2) is 18.3 Å². The van der Waals surface area contributed by atoms with Crippen molar-refractivity contribution in [1.29, 1.82) is 0 Å². The highest BCUT2D eigenvalue weighted by Crippen LogP contribution is 2.34. The zero-order valence-electron chi connectivity index (χ0n) is 14.9. The van der Waals surface area contributed by atoms with Gasteiger partial charge in [-0.25, -0.2) is 0 Å². The van der Waals surface area contributed by atoms with Crippen molar-refractivity contribution in [3.8, 4) is 0 Å². The molecule has 4 nitrogen and oxygen atoms in total. The summed E-state index contributed by atoms with van der Waals surface area (Å²) >= 11 is 0. The molecular weight excluding hydrogens is 298 g/mol. The number of aromatic amines is 1. The summed E-state index contributed by atoms with van der Waals surface area (Å²) in [7, 11) is 0. The highest BCUT2D eigenvalue weighted by Gasteiger charge is 2.27. The highest BCUT2D eigenvalue weighted by atomic mass is 16.5. The number of likely N-dealkylation sites (tertiary alicyclic amines) is 1. The molecular formula is C20H29N3O. The average molecular weight is 327 g/mol. The molecule has 4 rings (SSSR count). The lowest BCUT2D eigenvalue weighted by atomic mass is 9.90. The molecule has 0 aromatic carbocycles. The largest absolute Gasteiger partial charge is 0.381 e. The van der Waals surface area contributed by atoms with Crippen LogP contribution >= 0.6 is 0 Å². The molecule has 0 bridgehead atoms. The fourth-order valence-electron chi connectivity index (χ4n) is 4.73. The van der Waals surface area contributed by atoms with Gasteiger partial charge in [0.1, 0.15) is 0 Å². The molecule has 0 aliphatic carbocycles. The standard InChI is InChI=1S/C20H29N3O/c1-14-10-15(2)12-23(11-14)13-17-19(16-5-8-24-9-6-16)22-18-4-3-7-21-20(17)18/h3-4,7,14-16,22H,5-6,8-13H2,1-2H3. The lowest BCUT2D eigenvalue weighted by molar-refractivity contribution is 0.0839. The third-order valence-electron chi connectivity index (χ3n) is 5.64. The molecule has 4 heterocycles. The van der Waals surface area contributed by atoms with Crippen molar-refractivity contribution in [2.75, 3.05) is 26.3 Å². The van der Waals surface area contributed by atoms with Gasteiger partial charge in [-0.1, -0.05) is 13.8 Å². The van der Waals surface area contributed by atoms with Crippen LogP contribution < -0.4 is 0 Å². The summed E-state index contributed by atoms with van der Waals surface area (Å²) in [6, 6.07) is 4.19. The Balaban J connectivity index is 1.67. The van der Waals surface area contributed by atoms with Crippen LogP contribution in [0.25, 0.3) is 11.0 Å². The van der Waals surface area contributed by atoms with E-state index >= 15 is 0 Å². The zero-order valence-corrected chi connectivity index (χ0v) is 14.9. The van der Waals surface area contributed by atoms with Gasteiger partial charge >= 0.3 is 0 Å². The van der Waals surface area contributed by atoms with Gasteiger partial charge in [0.2, 0.25) is 0 Å². The van der Waals surface area contributed by atoms with Crippen LogP contribution in [0.3, 0.4) is 0 Å². The molecule has 2 unspecified atom stereocenters. The van der Waals surface area contributed by atoms with Crippen LogP contribution in [0.1, 0.15) is 50.3 Å². The number of ether oxygens (including phenoxy) is 1. The van der Waals surface area contributed by atoms with E-state index in [9.17, 15) is 0 Å². The second-order valence-corrected chi connectivity index (χ2v) is 7.94. The lowest BCUT2D eigenvalue weighted by Crippen LogP contribution is -2.38. The van der Waals surface area contributed by atoms with Gasteiger partial charge in [0, 0.05) is 56.2 Å². The molecule has 2 aromatic heterocycles. The molecule has 1 N–H and O–H groups in total. The first-order valence-electron chi connectivity index (χ1n) is 9.46. The summed E-state index contributed by atoms with van der Waals surface area (Å²) < 4.78 is 5.57. The third-order valence-corrected chi connectivity index (χ3v) is 5.64. The smallest absolute Gasteiger partial charge is 0.0926 e. The minimum atomic E-state index is 0.586. The van der Waals surface area contributed by atoms with E-state index in [1.165, 1.54) is 41.8 Å². The van der Waals surface area contributed by atoms with Crippen LogP contribution in [-0.2, 0) is 11.3 Å². The summed E-state index contributed by atoms with van der Waals surface area (Å²) in [6.07, 6.45) is 5.52. The Morgan fingerprint density at radius 1 is 1.21 bits per heavy atom. The fraction of sp³-hybridized carbons (Fsp3) is 0.650. The van der Waals surface area contributed by atoms with Crippen LogP contribution in [0.2, 0.25) is 0 Å². The summed E-state index contributed by atoms with van der Waals surface area (Å²) in [5, 5.41) is 0. The molecule has 0 radical (unpaired) electrons. The SMILES string of the molecule is CC1CC(C)CN(Cc2c(C3CCOCC3)[nH]c3cccnc23)C1. The molecule has 130 valence electrons. The van der Waals surface area contributed by atoms with Crippen molar-refractivity contribution in [3.63, 3.8) is 0 Å². The van der Waals surface area contributed by atoms with Crippen molar-refractivity contribution in [3.05, 3.63) is 29.6 Å². The van der Waals surface area contributed by atoms with E-state index in [1.54, 1.807) is 0 Å². The topological polar surface area (TPSA) is 41.1 Å². The number of nitrogens with one attached hydrogen (secondary N) is 1. The normalized spacial score (nSPS) is 26.9. The van der Waals surface area contributed by atoms with Crippen LogP contribution in [0.4, 0.5) is 0 Å². The number of nitrogens with zero attached hydrogens (tertiary/aromatic N) is 2. The average Bonchev–Trinajstić information content (AvgIpc) is 2.94. The maximum Gasteiger partial charge on any atom is 0.0926 e. The van der Waals surface area contributed by atoms with E-state index in [2.05, 4.69) is 29.8 Å². The van der Waals surface area contributed by atoms with E-state index in [4.69, 9.17) is 9.72 Å². The molecule has 0 amide bonds. The van der Waals surface area contributed by atoms with Gasteiger partial charge in [-0.15, -0.1) is 0 Å². The third kappa shape index (κ3) is 3.22. The number of H-pyrrole nitrogens is 1. The predicted octanol–water partition coefficient (Wildman–Crippen LogP) is 3.93. The fourth-order valence-corrected chi connectivity index (χ4v) is 4.73. The van der Waals surface area contributed by atoms with Gasteiger partial charge in [0.15, 0.2) is 0 Å². The Bertz CT molecular complexity index is 679. The first kappa shape index (κ1) is 16.1. The Labute approximate surface area is 144 Å². The molecule has 2 aliphatic rings. The molecule has 2 atom stereocenters. The Morgan fingerprint density at radius 2 is 1.96 bits per heavy atom. The van der Waals surface area contributed by atoms with E-state index in [0.717, 1.165) is 44.4 Å². The second kappa shape index (κ2) is 6.85. The quantitative estimate of drug-likeness (QED) is 0.928. The summed E-state index contributed by atoms with van der Waals surface area (Å²) in [5.74, 6) is 2.17. The van der Waals surface area contributed by atoms with Crippen molar-refractivity contribution in [2.24, 2.45) is 11.8 Å². The van der Waals surface area contributed by atoms with Crippen LogP contribution in [0.5, 0.6) is 0 Å². The number of hydrogen-bond donors (Lipinski definition) is 1. The minimum Gasteiger partial charge on any atom is -0.381 e. The van der Waals surface area contributed by atoms with E-state index < -0.39 is 0 Å². The van der Waals surface area contributed by atoms with Gasteiger partial charge in [0.25, 0.3) is 0 Å². The Kier molecular flexibility index (Phi) is 4.59. The van der Waals surface area contributed by atoms with Gasteiger partial charge in [0.05, 0.1) is 11.0 Å². The number of piperidine rings is 1. The number of aromatic nitrogens is 2. The summed E-state index contributed by atoms with van der Waals surface area (Å²) in [4.78, 5) is 11.1. The van der Waals surface area contributed by atoms with Crippen molar-refractivity contribution < 1.29 is 4.74 Å². The van der Waals surface area contributed by atoms with Crippen molar-refractivity contribution >= 4 is 11.0 Å². The minimum absolute atomic E-state index is 0.586. The maximum atomic E-state index is 5.57. The zero-order chi connectivity index (χ0) is 16.5. The molecule has 2 aromatic rings. The van der Waals surface area contributed by atoms with Gasteiger partial charge in [-0.3, -0.25) is 9.88 Å². The molecule has 4 heteroatoms. The summed E-state index contributed by atoms with van der Waals surface area (Å²) in [5.41, 5.74) is 5.20. The van der Waals surface area contributed by atoms with Crippen molar-refractivity contribution in [2.45, 2.75) is 45.6 Å². The van der Waals surface area contributed by atoms with Crippen molar-refractivity contribution in [1.82, 2.24) is 14.9 Å². The van der Waals surface area contributed by atoms with E-state index in [1.807, 2.05) is 12.3 Å². The van der Waals surface area contributed by atoms with E-state index in [0.29, 0.717) is 5.92 Å². The number of hydrogen-bond acceptors (Lipinski definition) is 3. The van der Waals surface area contributed by atoms with Gasteiger partial charge < -0.3 is 9.72 Å². The number of rotatable bonds is 3. The summed E-state index contributed by atoms with van der Waals surface area (Å²) in [6.45, 7) is 9.97. The van der Waals surface area contributed by atoms with Crippen LogP contribution in [0, 0.1) is 11.8 Å². The number of pyridine rings is 1. The molecule has 0 saturated carbocycles. The Morgan fingerprint density at radius 3 is 2.71 bits per heavy atom.